The van der Waals surface area contributed by atoms with Gasteiger partial charge in [0.05, 0.1) is 23.4 Å². The molecule has 1 aromatic rings. The maximum absolute atomic E-state index is 12.0. The summed E-state index contributed by atoms with van der Waals surface area (Å²) in [4.78, 5) is 36.5. The minimum absolute atomic E-state index is 0.0328. The van der Waals surface area contributed by atoms with Crippen LogP contribution in [0, 0.1) is 15.5 Å². The lowest BCUT2D eigenvalue weighted by atomic mass is 9.98. The van der Waals surface area contributed by atoms with Crippen molar-refractivity contribution < 1.29 is 14.6 Å². The smallest absolute Gasteiger partial charge is 0.330 e. The summed E-state index contributed by atoms with van der Waals surface area (Å²) in [5.74, 6) is 0.404. The molecule has 148 valence electrons. The van der Waals surface area contributed by atoms with E-state index in [1.165, 1.54) is 6.07 Å². The Hall–Kier alpha value is -2.68. The van der Waals surface area contributed by atoms with Crippen LogP contribution in [-0.2, 0) is 9.63 Å². The van der Waals surface area contributed by atoms with Gasteiger partial charge in [0.1, 0.15) is 11.5 Å². The summed E-state index contributed by atoms with van der Waals surface area (Å²) in [6.07, 6.45) is 3.35. The zero-order chi connectivity index (χ0) is 20.2. The van der Waals surface area contributed by atoms with Gasteiger partial charge in [-0.25, -0.2) is 9.78 Å². The number of carbonyl (C=O) groups is 1. The van der Waals surface area contributed by atoms with Gasteiger partial charge < -0.3 is 14.6 Å². The lowest BCUT2D eigenvalue weighted by Gasteiger charge is -2.35. The molecule has 0 radical (unpaired) electrons. The van der Waals surface area contributed by atoms with E-state index in [0.29, 0.717) is 37.7 Å². The van der Waals surface area contributed by atoms with Crippen LogP contribution >= 0.6 is 0 Å². The van der Waals surface area contributed by atoms with Crippen molar-refractivity contribution >= 4 is 23.6 Å². The number of pyridine rings is 1. The number of anilines is 1. The van der Waals surface area contributed by atoms with Crippen molar-refractivity contribution in [2.75, 3.05) is 45.2 Å². The third-order valence-electron chi connectivity index (χ3n) is 4.00. The number of hydrogen-bond acceptors (Lipinski definition) is 8. The molecule has 9 nitrogen and oxygen atoms in total. The van der Waals surface area contributed by atoms with E-state index in [0.717, 1.165) is 0 Å². The second-order valence-corrected chi connectivity index (χ2v) is 7.66. The van der Waals surface area contributed by atoms with Gasteiger partial charge in [-0.15, -0.1) is 5.06 Å². The van der Waals surface area contributed by atoms with Gasteiger partial charge in [-0.2, -0.15) is 0 Å². The SMILES string of the molecule is CN(C)/C=C/c1nc(N2CCN(OC(=O)C(C)(C)C)CC2)ccc1[N+](=O)[O-]. The number of nitrogens with zero attached hydrogens (tertiary/aromatic N) is 5. The molecule has 0 bridgehead atoms. The third kappa shape index (κ3) is 5.65. The topological polar surface area (TPSA) is 92.1 Å². The van der Waals surface area contributed by atoms with Crippen LogP contribution in [0.15, 0.2) is 18.3 Å². The zero-order valence-electron chi connectivity index (χ0n) is 16.5. The maximum atomic E-state index is 12.0. The Morgan fingerprint density at radius 2 is 1.89 bits per heavy atom. The van der Waals surface area contributed by atoms with Gasteiger partial charge in [0.25, 0.3) is 5.69 Å². The van der Waals surface area contributed by atoms with E-state index < -0.39 is 10.3 Å². The minimum atomic E-state index is -0.551. The number of rotatable bonds is 5. The second-order valence-electron chi connectivity index (χ2n) is 7.66. The first-order valence-electron chi connectivity index (χ1n) is 8.80. The van der Waals surface area contributed by atoms with E-state index in [2.05, 4.69) is 4.98 Å². The number of carbonyl (C=O) groups excluding carboxylic acids is 1. The first-order chi connectivity index (χ1) is 12.6. The predicted molar refractivity (Wildman–Crippen MR) is 103 cm³/mol. The molecule has 1 aliphatic heterocycles. The molecule has 1 aliphatic rings. The summed E-state index contributed by atoms with van der Waals surface area (Å²) >= 11 is 0. The van der Waals surface area contributed by atoms with Gasteiger partial charge in [0.2, 0.25) is 0 Å². The van der Waals surface area contributed by atoms with E-state index in [1.54, 1.807) is 28.3 Å². The van der Waals surface area contributed by atoms with E-state index in [1.807, 2.05) is 39.8 Å². The fourth-order valence-corrected chi connectivity index (χ4v) is 2.39. The molecular formula is C18H27N5O4. The highest BCUT2D eigenvalue weighted by molar-refractivity contribution is 5.75. The number of piperazine rings is 1. The summed E-state index contributed by atoms with van der Waals surface area (Å²) in [6, 6.07) is 3.13. The van der Waals surface area contributed by atoms with Crippen molar-refractivity contribution in [1.82, 2.24) is 14.9 Å². The van der Waals surface area contributed by atoms with Crippen molar-refractivity contribution in [3.63, 3.8) is 0 Å². The highest BCUT2D eigenvalue weighted by Crippen LogP contribution is 2.24. The van der Waals surface area contributed by atoms with Gasteiger partial charge in [0, 0.05) is 39.5 Å². The molecule has 1 fully saturated rings. The van der Waals surface area contributed by atoms with E-state index >= 15 is 0 Å². The summed E-state index contributed by atoms with van der Waals surface area (Å²) in [6.45, 7) is 7.75. The number of aromatic nitrogens is 1. The molecule has 1 saturated heterocycles. The van der Waals surface area contributed by atoms with Gasteiger partial charge >= 0.3 is 5.97 Å². The average molecular weight is 377 g/mol. The Kier molecular flexibility index (Phi) is 6.37. The maximum Gasteiger partial charge on any atom is 0.330 e. The van der Waals surface area contributed by atoms with E-state index in [4.69, 9.17) is 4.84 Å². The minimum Gasteiger partial charge on any atom is -0.383 e. The molecule has 27 heavy (non-hydrogen) atoms. The Morgan fingerprint density at radius 3 is 2.41 bits per heavy atom. The van der Waals surface area contributed by atoms with Gasteiger partial charge in [-0.05, 0) is 32.9 Å². The summed E-state index contributed by atoms with van der Waals surface area (Å²) < 4.78 is 0. The van der Waals surface area contributed by atoms with Crippen LogP contribution in [0.4, 0.5) is 11.5 Å². The van der Waals surface area contributed by atoms with Crippen LogP contribution in [0.5, 0.6) is 0 Å². The lowest BCUT2D eigenvalue weighted by Crippen LogP contribution is -2.48. The summed E-state index contributed by atoms with van der Waals surface area (Å²) in [5.41, 5.74) is -0.271. The van der Waals surface area contributed by atoms with Crippen molar-refractivity contribution in [3.05, 3.63) is 34.1 Å². The van der Waals surface area contributed by atoms with Crippen molar-refractivity contribution in [1.29, 1.82) is 0 Å². The molecule has 0 amide bonds. The molecule has 0 N–H and O–H groups in total. The molecule has 0 atom stereocenters. The van der Waals surface area contributed by atoms with Gasteiger partial charge in [0.15, 0.2) is 0 Å². The lowest BCUT2D eigenvalue weighted by molar-refractivity contribution is -0.385. The average Bonchev–Trinajstić information content (AvgIpc) is 2.59. The Balaban J connectivity index is 2.08. The zero-order valence-corrected chi connectivity index (χ0v) is 16.5. The third-order valence-corrected chi connectivity index (χ3v) is 4.00. The molecule has 0 spiro atoms. The first-order valence-corrected chi connectivity index (χ1v) is 8.80. The molecule has 2 heterocycles. The molecule has 9 heteroatoms. The van der Waals surface area contributed by atoms with Crippen molar-refractivity contribution in [3.8, 4) is 0 Å². The number of hydroxylamine groups is 2. The number of hydrogen-bond donors (Lipinski definition) is 0. The quantitative estimate of drug-likeness (QED) is 0.569. The second kappa shape index (κ2) is 8.34. The van der Waals surface area contributed by atoms with Crippen LogP contribution in [0.2, 0.25) is 0 Å². The normalized spacial score (nSPS) is 15.8. The van der Waals surface area contributed by atoms with E-state index in [-0.39, 0.29) is 11.7 Å². The van der Waals surface area contributed by atoms with Crippen LogP contribution in [-0.4, -0.2) is 66.1 Å². The largest absolute Gasteiger partial charge is 0.383 e. The molecule has 2 rings (SSSR count). The Morgan fingerprint density at radius 1 is 1.26 bits per heavy atom. The van der Waals surface area contributed by atoms with Crippen LogP contribution in [0.25, 0.3) is 6.08 Å². The van der Waals surface area contributed by atoms with E-state index in [9.17, 15) is 14.9 Å². The standard InChI is InChI=1S/C18H27N5O4/c1-18(2,3)17(24)27-22-12-10-21(11-13-22)16-7-6-15(23(25)26)14(19-16)8-9-20(4)5/h6-9H,10-13H2,1-5H3/b9-8+. The molecule has 0 unspecified atom stereocenters. The van der Waals surface area contributed by atoms with Crippen LogP contribution in [0.3, 0.4) is 0 Å². The van der Waals surface area contributed by atoms with Gasteiger partial charge in [-0.3, -0.25) is 10.1 Å². The Bertz CT molecular complexity index is 719. The van der Waals surface area contributed by atoms with Crippen LogP contribution < -0.4 is 4.90 Å². The van der Waals surface area contributed by atoms with Crippen molar-refractivity contribution in [2.24, 2.45) is 5.41 Å². The molecule has 1 aromatic heterocycles. The molecular weight excluding hydrogens is 350 g/mol. The fourth-order valence-electron chi connectivity index (χ4n) is 2.39. The molecule has 0 aromatic carbocycles. The van der Waals surface area contributed by atoms with Gasteiger partial charge in [-0.1, -0.05) is 0 Å². The van der Waals surface area contributed by atoms with Crippen LogP contribution in [0.1, 0.15) is 26.5 Å². The predicted octanol–water partition coefficient (Wildman–Crippen LogP) is 2.15. The monoisotopic (exact) mass is 377 g/mol. The van der Waals surface area contributed by atoms with Crippen molar-refractivity contribution in [2.45, 2.75) is 20.8 Å². The molecule has 0 aliphatic carbocycles. The Labute approximate surface area is 159 Å². The number of nitro groups is 1. The summed E-state index contributed by atoms with van der Waals surface area (Å²) in [7, 11) is 3.68. The molecule has 0 saturated carbocycles. The highest BCUT2D eigenvalue weighted by atomic mass is 16.7. The first kappa shape index (κ1) is 20.6. The fraction of sp³-hybridized carbons (Fsp3) is 0.556. The highest BCUT2D eigenvalue weighted by Gasteiger charge is 2.28. The summed E-state index contributed by atoms with van der Waals surface area (Å²) in [5, 5.41) is 12.9.